The summed E-state index contributed by atoms with van der Waals surface area (Å²) in [5.41, 5.74) is 0.0423. The minimum Gasteiger partial charge on any atom is -0.465 e. The highest BCUT2D eigenvalue weighted by molar-refractivity contribution is 5.78. The van der Waals surface area contributed by atoms with Crippen molar-refractivity contribution in [2.75, 3.05) is 6.61 Å². The zero-order valence-corrected chi connectivity index (χ0v) is 20.3. The van der Waals surface area contributed by atoms with Crippen molar-refractivity contribution in [2.45, 2.75) is 142 Å². The third kappa shape index (κ3) is 5.44. The lowest BCUT2D eigenvalue weighted by atomic mass is 9.49. The van der Waals surface area contributed by atoms with Gasteiger partial charge in [-0.25, -0.2) is 0 Å². The van der Waals surface area contributed by atoms with E-state index in [9.17, 15) is 4.79 Å². The van der Waals surface area contributed by atoms with Gasteiger partial charge in [0.05, 0.1) is 12.0 Å². The highest BCUT2D eigenvalue weighted by Gasteiger charge is 2.57. The Morgan fingerprint density at radius 1 is 0.733 bits per heavy atom. The molecule has 0 heterocycles. The Hall–Kier alpha value is -0.530. The molecule has 0 saturated heterocycles. The lowest BCUT2D eigenvalue weighted by Gasteiger charge is -2.55. The van der Waals surface area contributed by atoms with E-state index in [1.54, 1.807) is 0 Å². The summed E-state index contributed by atoms with van der Waals surface area (Å²) in [6.45, 7) is 5.18. The molecule has 3 saturated carbocycles. The van der Waals surface area contributed by atoms with Gasteiger partial charge >= 0.3 is 5.97 Å². The zero-order valence-electron chi connectivity index (χ0n) is 20.3. The first-order valence-electron chi connectivity index (χ1n) is 13.8. The maximum atomic E-state index is 13.7. The smallest absolute Gasteiger partial charge is 0.312 e. The SMILES string of the molecule is CCCCCOC(=O)C1([C@]2(CCCC)CC[C@H](C3CCCCC3)CC2)CCCCC1. The van der Waals surface area contributed by atoms with Crippen molar-refractivity contribution in [2.24, 2.45) is 22.7 Å². The summed E-state index contributed by atoms with van der Waals surface area (Å²) in [6, 6.07) is 0. The van der Waals surface area contributed by atoms with Gasteiger partial charge in [-0.2, -0.15) is 0 Å². The molecule has 0 atom stereocenters. The Bertz CT molecular complexity index is 491. The Kier molecular flexibility index (Phi) is 9.58. The van der Waals surface area contributed by atoms with Crippen molar-refractivity contribution in [1.29, 1.82) is 0 Å². The van der Waals surface area contributed by atoms with Gasteiger partial charge in [0.1, 0.15) is 0 Å². The number of rotatable bonds is 10. The molecular weight excluding hydrogens is 368 g/mol. The van der Waals surface area contributed by atoms with Gasteiger partial charge in [-0.05, 0) is 68.6 Å². The van der Waals surface area contributed by atoms with Crippen molar-refractivity contribution in [3.05, 3.63) is 0 Å². The van der Waals surface area contributed by atoms with E-state index >= 15 is 0 Å². The molecule has 30 heavy (non-hydrogen) atoms. The van der Waals surface area contributed by atoms with Gasteiger partial charge in [0.15, 0.2) is 0 Å². The maximum Gasteiger partial charge on any atom is 0.312 e. The first kappa shape index (κ1) is 24.1. The van der Waals surface area contributed by atoms with Crippen LogP contribution in [0.1, 0.15) is 142 Å². The van der Waals surface area contributed by atoms with E-state index in [4.69, 9.17) is 4.74 Å². The molecule has 3 aliphatic rings. The van der Waals surface area contributed by atoms with Crippen LogP contribution in [0.15, 0.2) is 0 Å². The molecular formula is C28H50O2. The molecule has 174 valence electrons. The van der Waals surface area contributed by atoms with E-state index < -0.39 is 0 Å². The summed E-state index contributed by atoms with van der Waals surface area (Å²) in [5.74, 6) is 2.11. The first-order valence-corrected chi connectivity index (χ1v) is 13.8. The largest absolute Gasteiger partial charge is 0.465 e. The van der Waals surface area contributed by atoms with Gasteiger partial charge in [-0.1, -0.05) is 90.9 Å². The molecule has 0 aromatic carbocycles. The van der Waals surface area contributed by atoms with Crippen LogP contribution < -0.4 is 0 Å². The van der Waals surface area contributed by atoms with Gasteiger partial charge < -0.3 is 4.74 Å². The number of carbonyl (C=O) groups is 1. The first-order chi connectivity index (χ1) is 14.7. The molecule has 0 spiro atoms. The maximum absolute atomic E-state index is 13.7. The molecule has 0 unspecified atom stereocenters. The fraction of sp³-hybridized carbons (Fsp3) is 0.964. The molecule has 0 aliphatic heterocycles. The summed E-state index contributed by atoms with van der Waals surface area (Å²) in [4.78, 5) is 13.7. The quantitative estimate of drug-likeness (QED) is 0.262. The normalized spacial score (nSPS) is 30.1. The number of esters is 1. The predicted octanol–water partition coefficient (Wildman–Crippen LogP) is 8.62. The molecule has 3 fully saturated rings. The minimum atomic E-state index is -0.176. The molecule has 0 radical (unpaired) electrons. The second-order valence-corrected chi connectivity index (χ2v) is 11.1. The summed E-state index contributed by atoms with van der Waals surface area (Å²) < 4.78 is 6.05. The summed E-state index contributed by atoms with van der Waals surface area (Å²) >= 11 is 0. The Balaban J connectivity index is 1.75. The second-order valence-electron chi connectivity index (χ2n) is 11.1. The molecule has 0 bridgehead atoms. The Morgan fingerprint density at radius 3 is 1.97 bits per heavy atom. The average molecular weight is 419 g/mol. The van der Waals surface area contributed by atoms with Crippen LogP contribution in [0.4, 0.5) is 0 Å². The summed E-state index contributed by atoms with van der Waals surface area (Å²) in [6.07, 6.45) is 25.7. The Labute approximate surface area is 187 Å². The standard InChI is InChI=1S/C28H50O2/c1-3-5-13-23-30-26(29)28(19-11-8-12-20-28)27(18-6-4-2)21-16-25(17-22-27)24-14-9-7-10-15-24/h24-25H,3-23H2,1-2H3/t25-,27+. The number of hydrogen-bond acceptors (Lipinski definition) is 2. The van der Waals surface area contributed by atoms with Crippen LogP contribution >= 0.6 is 0 Å². The lowest BCUT2D eigenvalue weighted by Crippen LogP contribution is -2.52. The molecule has 2 nitrogen and oxygen atoms in total. The molecule has 0 aromatic heterocycles. The van der Waals surface area contributed by atoms with E-state index in [0.29, 0.717) is 6.61 Å². The molecule has 3 aliphatic carbocycles. The van der Waals surface area contributed by atoms with E-state index in [1.165, 1.54) is 109 Å². The van der Waals surface area contributed by atoms with Gasteiger partial charge in [0.2, 0.25) is 0 Å². The van der Waals surface area contributed by atoms with Crippen LogP contribution in [0, 0.1) is 22.7 Å². The lowest BCUT2D eigenvalue weighted by molar-refractivity contribution is -0.175. The average Bonchev–Trinajstić information content (AvgIpc) is 2.81. The third-order valence-electron chi connectivity index (χ3n) is 9.41. The van der Waals surface area contributed by atoms with Crippen LogP contribution in [-0.4, -0.2) is 12.6 Å². The molecule has 3 rings (SSSR count). The van der Waals surface area contributed by atoms with Crippen LogP contribution in [0.25, 0.3) is 0 Å². The molecule has 0 amide bonds. The second kappa shape index (κ2) is 11.9. The fourth-order valence-electron chi connectivity index (χ4n) is 7.51. The van der Waals surface area contributed by atoms with Gasteiger partial charge in [-0.3, -0.25) is 4.79 Å². The van der Waals surface area contributed by atoms with Crippen molar-refractivity contribution in [3.63, 3.8) is 0 Å². The van der Waals surface area contributed by atoms with E-state index in [2.05, 4.69) is 13.8 Å². The van der Waals surface area contributed by atoms with Gasteiger partial charge in [-0.15, -0.1) is 0 Å². The van der Waals surface area contributed by atoms with Gasteiger partial charge in [0.25, 0.3) is 0 Å². The van der Waals surface area contributed by atoms with Gasteiger partial charge in [0, 0.05) is 0 Å². The highest BCUT2D eigenvalue weighted by Crippen LogP contribution is 2.61. The van der Waals surface area contributed by atoms with E-state index in [-0.39, 0.29) is 16.8 Å². The van der Waals surface area contributed by atoms with Crippen LogP contribution in [0.2, 0.25) is 0 Å². The predicted molar refractivity (Wildman–Crippen MR) is 126 cm³/mol. The summed E-state index contributed by atoms with van der Waals surface area (Å²) in [7, 11) is 0. The van der Waals surface area contributed by atoms with Crippen molar-refractivity contribution < 1.29 is 9.53 Å². The Morgan fingerprint density at radius 2 is 1.33 bits per heavy atom. The highest BCUT2D eigenvalue weighted by atomic mass is 16.5. The van der Waals surface area contributed by atoms with Crippen molar-refractivity contribution >= 4 is 5.97 Å². The third-order valence-corrected chi connectivity index (χ3v) is 9.41. The van der Waals surface area contributed by atoms with E-state index in [0.717, 1.165) is 31.1 Å². The zero-order chi connectivity index (χ0) is 21.3. The molecule has 2 heteroatoms. The topological polar surface area (TPSA) is 26.3 Å². The van der Waals surface area contributed by atoms with Crippen LogP contribution in [0.3, 0.4) is 0 Å². The number of carbonyl (C=O) groups excluding carboxylic acids is 1. The fourth-order valence-corrected chi connectivity index (χ4v) is 7.51. The van der Waals surface area contributed by atoms with Crippen molar-refractivity contribution in [3.8, 4) is 0 Å². The van der Waals surface area contributed by atoms with Crippen LogP contribution in [0.5, 0.6) is 0 Å². The van der Waals surface area contributed by atoms with Crippen molar-refractivity contribution in [1.82, 2.24) is 0 Å². The molecule has 0 aromatic rings. The van der Waals surface area contributed by atoms with E-state index in [1.807, 2.05) is 0 Å². The number of unbranched alkanes of at least 4 members (excludes halogenated alkanes) is 3. The number of hydrogen-bond donors (Lipinski definition) is 0. The monoisotopic (exact) mass is 418 g/mol. The minimum absolute atomic E-state index is 0.176. The summed E-state index contributed by atoms with van der Waals surface area (Å²) in [5, 5.41) is 0. The number of ether oxygens (including phenoxy) is 1. The molecule has 0 N–H and O–H groups in total. The van der Waals surface area contributed by atoms with Crippen LogP contribution in [-0.2, 0) is 9.53 Å².